The summed E-state index contributed by atoms with van der Waals surface area (Å²) in [6.07, 6.45) is 0.434. The summed E-state index contributed by atoms with van der Waals surface area (Å²) in [5.41, 5.74) is 5.97. The van der Waals surface area contributed by atoms with Crippen molar-refractivity contribution >= 4 is 23.8 Å². The highest BCUT2D eigenvalue weighted by atomic mass is 16.5. The third kappa shape index (κ3) is 5.98. The molecule has 4 N–H and O–H groups in total. The summed E-state index contributed by atoms with van der Waals surface area (Å²) in [6.45, 7) is 1.71. The Kier molecular flexibility index (Phi) is 7.16. The molecule has 0 spiro atoms. The van der Waals surface area contributed by atoms with Crippen LogP contribution >= 0.6 is 0 Å². The molecule has 2 rings (SSSR count). The molecule has 9 heteroatoms. The molecular formula is C18H24N4O5. The lowest BCUT2D eigenvalue weighted by atomic mass is 10.2. The van der Waals surface area contributed by atoms with Crippen LogP contribution in [0, 0.1) is 0 Å². The first-order valence-corrected chi connectivity index (χ1v) is 8.72. The predicted molar refractivity (Wildman–Crippen MR) is 96.2 cm³/mol. The fraction of sp³-hybridized carbons (Fsp3) is 0.444. The van der Waals surface area contributed by atoms with E-state index in [2.05, 4.69) is 10.6 Å². The van der Waals surface area contributed by atoms with Crippen LogP contribution in [0.5, 0.6) is 0 Å². The maximum Gasteiger partial charge on any atom is 0.407 e. The molecule has 0 unspecified atom stereocenters. The summed E-state index contributed by atoms with van der Waals surface area (Å²) in [6, 6.07) is 7.66. The van der Waals surface area contributed by atoms with E-state index in [-0.39, 0.29) is 13.2 Å². The van der Waals surface area contributed by atoms with Crippen LogP contribution in [0.2, 0.25) is 0 Å². The molecule has 1 aromatic rings. The molecule has 1 aliphatic heterocycles. The molecule has 2 atom stereocenters. The molecule has 27 heavy (non-hydrogen) atoms. The Balaban J connectivity index is 1.79. The minimum absolute atomic E-state index is 0.0978. The molecule has 9 nitrogen and oxygen atoms in total. The lowest BCUT2D eigenvalue weighted by Gasteiger charge is -2.25. The molecule has 0 saturated carbocycles. The summed E-state index contributed by atoms with van der Waals surface area (Å²) in [5, 5.41) is 4.88. The van der Waals surface area contributed by atoms with E-state index in [1.165, 1.54) is 11.8 Å². The average Bonchev–Trinajstić information content (AvgIpc) is 3.15. The number of carbonyl (C=O) groups excluding carboxylic acids is 4. The van der Waals surface area contributed by atoms with Gasteiger partial charge in [0.25, 0.3) is 0 Å². The lowest BCUT2D eigenvalue weighted by Crippen LogP contribution is -2.52. The van der Waals surface area contributed by atoms with Gasteiger partial charge >= 0.3 is 6.09 Å². The average molecular weight is 376 g/mol. The van der Waals surface area contributed by atoms with Crippen molar-refractivity contribution in [1.29, 1.82) is 0 Å². The topological polar surface area (TPSA) is 131 Å². The summed E-state index contributed by atoms with van der Waals surface area (Å²) in [5.74, 6) is -1.48. The smallest absolute Gasteiger partial charge is 0.407 e. The Morgan fingerprint density at radius 2 is 1.96 bits per heavy atom. The van der Waals surface area contributed by atoms with E-state index in [9.17, 15) is 19.2 Å². The van der Waals surface area contributed by atoms with Gasteiger partial charge in [0.2, 0.25) is 17.7 Å². The van der Waals surface area contributed by atoms with Gasteiger partial charge < -0.3 is 26.0 Å². The molecule has 0 aromatic heterocycles. The van der Waals surface area contributed by atoms with E-state index in [0.29, 0.717) is 19.4 Å². The highest BCUT2D eigenvalue weighted by molar-refractivity contribution is 5.92. The first kappa shape index (κ1) is 20.2. The zero-order chi connectivity index (χ0) is 19.8. The van der Waals surface area contributed by atoms with Crippen molar-refractivity contribution in [3.05, 3.63) is 35.9 Å². The third-order valence-corrected chi connectivity index (χ3v) is 4.26. The second-order valence-electron chi connectivity index (χ2n) is 6.29. The molecule has 0 radical (unpaired) electrons. The van der Waals surface area contributed by atoms with Crippen LogP contribution in [0.4, 0.5) is 4.79 Å². The number of benzene rings is 1. The zero-order valence-corrected chi connectivity index (χ0v) is 15.1. The van der Waals surface area contributed by atoms with Crippen molar-refractivity contribution in [2.75, 3.05) is 13.1 Å². The maximum atomic E-state index is 12.3. The Labute approximate surface area is 157 Å². The number of primary amides is 1. The molecule has 1 aliphatic rings. The molecule has 1 fully saturated rings. The standard InChI is InChI=1S/C18H24N4O5/c1-12(16(19)24)21-17(25)14-8-5-9-22(14)15(23)10-20-18(26)27-11-13-6-3-2-4-7-13/h2-4,6-7,12,14H,5,8-11H2,1H3,(H2,19,24)(H,20,26)(H,21,25)/t12-,14-/m0/s1. The summed E-state index contributed by atoms with van der Waals surface area (Å²) in [7, 11) is 0. The quantitative estimate of drug-likeness (QED) is 0.611. The number of hydrogen-bond donors (Lipinski definition) is 3. The highest BCUT2D eigenvalue weighted by Crippen LogP contribution is 2.17. The van der Waals surface area contributed by atoms with Gasteiger partial charge in [-0.25, -0.2) is 4.79 Å². The van der Waals surface area contributed by atoms with Crippen molar-refractivity contribution in [1.82, 2.24) is 15.5 Å². The number of nitrogens with zero attached hydrogens (tertiary/aromatic N) is 1. The molecule has 4 amide bonds. The Morgan fingerprint density at radius 1 is 1.26 bits per heavy atom. The molecule has 146 valence electrons. The number of nitrogens with one attached hydrogen (secondary N) is 2. The fourth-order valence-corrected chi connectivity index (χ4v) is 2.74. The molecule has 1 aromatic carbocycles. The second-order valence-corrected chi connectivity index (χ2v) is 6.29. The summed E-state index contributed by atoms with van der Waals surface area (Å²) >= 11 is 0. The van der Waals surface area contributed by atoms with Gasteiger partial charge in [-0.15, -0.1) is 0 Å². The molecule has 0 bridgehead atoms. The van der Waals surface area contributed by atoms with E-state index in [1.807, 2.05) is 30.3 Å². The minimum Gasteiger partial charge on any atom is -0.445 e. The van der Waals surface area contributed by atoms with Crippen LogP contribution in [-0.2, 0) is 25.7 Å². The van der Waals surface area contributed by atoms with Gasteiger partial charge in [0.15, 0.2) is 0 Å². The Morgan fingerprint density at radius 3 is 2.63 bits per heavy atom. The number of ether oxygens (including phenoxy) is 1. The van der Waals surface area contributed by atoms with Gasteiger partial charge in [-0.05, 0) is 25.3 Å². The van der Waals surface area contributed by atoms with Crippen molar-refractivity contribution < 1.29 is 23.9 Å². The van der Waals surface area contributed by atoms with Crippen molar-refractivity contribution in [3.8, 4) is 0 Å². The SMILES string of the molecule is C[C@H](NC(=O)[C@@H]1CCCN1C(=O)CNC(=O)OCc1ccccc1)C(N)=O. The number of rotatable bonds is 7. The Hall–Kier alpha value is -3.10. The largest absolute Gasteiger partial charge is 0.445 e. The van der Waals surface area contributed by atoms with Crippen molar-refractivity contribution in [2.45, 2.75) is 38.5 Å². The van der Waals surface area contributed by atoms with Crippen LogP contribution in [0.1, 0.15) is 25.3 Å². The van der Waals surface area contributed by atoms with Crippen molar-refractivity contribution in [2.24, 2.45) is 5.73 Å². The number of nitrogens with two attached hydrogens (primary N) is 1. The maximum absolute atomic E-state index is 12.3. The number of alkyl carbamates (subject to hydrolysis) is 1. The van der Waals surface area contributed by atoms with Gasteiger partial charge in [0, 0.05) is 6.54 Å². The minimum atomic E-state index is -0.818. The van der Waals surface area contributed by atoms with Gasteiger partial charge in [-0.3, -0.25) is 14.4 Å². The number of amides is 4. The Bertz CT molecular complexity index is 694. The van der Waals surface area contributed by atoms with E-state index in [1.54, 1.807) is 0 Å². The summed E-state index contributed by atoms with van der Waals surface area (Å²) < 4.78 is 5.04. The highest BCUT2D eigenvalue weighted by Gasteiger charge is 2.34. The first-order valence-electron chi connectivity index (χ1n) is 8.72. The van der Waals surface area contributed by atoms with Gasteiger partial charge in [-0.2, -0.15) is 0 Å². The monoisotopic (exact) mass is 376 g/mol. The van der Waals surface area contributed by atoms with Gasteiger partial charge in [0.1, 0.15) is 25.2 Å². The van der Waals surface area contributed by atoms with Crippen LogP contribution in [-0.4, -0.2) is 53.9 Å². The van der Waals surface area contributed by atoms with Crippen LogP contribution in [0.3, 0.4) is 0 Å². The summed E-state index contributed by atoms with van der Waals surface area (Å²) in [4.78, 5) is 48.8. The first-order chi connectivity index (χ1) is 12.9. The van der Waals surface area contributed by atoms with E-state index in [4.69, 9.17) is 10.5 Å². The van der Waals surface area contributed by atoms with Crippen molar-refractivity contribution in [3.63, 3.8) is 0 Å². The third-order valence-electron chi connectivity index (χ3n) is 4.26. The molecule has 0 aliphatic carbocycles. The number of likely N-dealkylation sites (tertiary alicyclic amines) is 1. The molecule has 1 saturated heterocycles. The van der Waals surface area contributed by atoms with Gasteiger partial charge in [-0.1, -0.05) is 30.3 Å². The molecule has 1 heterocycles. The second kappa shape index (κ2) is 9.56. The predicted octanol–water partition coefficient (Wildman–Crippen LogP) is -0.106. The van der Waals surface area contributed by atoms with E-state index >= 15 is 0 Å². The fourth-order valence-electron chi connectivity index (χ4n) is 2.74. The lowest BCUT2D eigenvalue weighted by molar-refractivity contribution is -0.138. The van der Waals surface area contributed by atoms with E-state index < -0.39 is 35.9 Å². The number of carbonyl (C=O) groups is 4. The zero-order valence-electron chi connectivity index (χ0n) is 15.1. The normalized spacial score (nSPS) is 17.1. The van der Waals surface area contributed by atoms with E-state index in [0.717, 1.165) is 5.56 Å². The molecular weight excluding hydrogens is 352 g/mol. The van der Waals surface area contributed by atoms with Gasteiger partial charge in [0.05, 0.1) is 0 Å². The number of hydrogen-bond acceptors (Lipinski definition) is 5. The van der Waals surface area contributed by atoms with Crippen LogP contribution in [0.25, 0.3) is 0 Å². The van der Waals surface area contributed by atoms with Crippen LogP contribution < -0.4 is 16.4 Å². The van der Waals surface area contributed by atoms with Crippen LogP contribution in [0.15, 0.2) is 30.3 Å².